The molecule has 2 heterocycles. The van der Waals surface area contributed by atoms with Gasteiger partial charge in [0.15, 0.2) is 0 Å². The number of aromatic nitrogens is 6. The molecule has 0 aliphatic heterocycles. The van der Waals surface area contributed by atoms with Crippen molar-refractivity contribution in [2.75, 3.05) is 10.2 Å². The molecule has 0 unspecified atom stereocenters. The third-order valence-corrected chi connectivity index (χ3v) is 4.56. The van der Waals surface area contributed by atoms with Gasteiger partial charge >= 0.3 is 0 Å². The van der Waals surface area contributed by atoms with Crippen LogP contribution in [0.5, 0.6) is 0 Å². The molecule has 0 saturated heterocycles. The first-order chi connectivity index (χ1) is 14.4. The monoisotopic (exact) mass is 400 g/mol. The van der Waals surface area contributed by atoms with Gasteiger partial charge in [-0.1, -0.05) is 30.3 Å². The number of tetrazole rings is 1. The number of hydrogen-bond donors (Lipinski definition) is 2. The molecule has 4 aromatic rings. The van der Waals surface area contributed by atoms with Crippen molar-refractivity contribution in [2.24, 2.45) is 0 Å². The fraction of sp³-hybridized carbons (Fsp3) is 0.227. The Morgan fingerprint density at radius 1 is 1.00 bits per heavy atom. The van der Waals surface area contributed by atoms with Crippen LogP contribution in [0.4, 0.5) is 23.1 Å². The van der Waals surface area contributed by atoms with E-state index < -0.39 is 0 Å². The van der Waals surface area contributed by atoms with E-state index in [1.54, 1.807) is 0 Å². The van der Waals surface area contributed by atoms with Crippen LogP contribution in [0.15, 0.2) is 60.8 Å². The predicted molar refractivity (Wildman–Crippen MR) is 118 cm³/mol. The Labute approximate surface area is 175 Å². The maximum atomic E-state index is 4.86. The summed E-state index contributed by atoms with van der Waals surface area (Å²) >= 11 is 0. The Bertz CT molecular complexity index is 1120. The zero-order chi connectivity index (χ0) is 21.1. The number of aryl methyl sites for hydroxylation is 1. The zero-order valence-corrected chi connectivity index (χ0v) is 17.5. The highest BCUT2D eigenvalue weighted by Gasteiger charge is 2.26. The number of nitrogens with zero attached hydrogens (tertiary/aromatic N) is 6. The number of anilines is 4. The van der Waals surface area contributed by atoms with Crippen molar-refractivity contribution in [1.82, 2.24) is 30.6 Å². The van der Waals surface area contributed by atoms with Gasteiger partial charge in [-0.15, -0.1) is 10.2 Å². The van der Waals surface area contributed by atoms with Crippen molar-refractivity contribution >= 4 is 23.1 Å². The van der Waals surface area contributed by atoms with Gasteiger partial charge in [-0.3, -0.25) is 0 Å². The van der Waals surface area contributed by atoms with Crippen LogP contribution in [0.1, 0.15) is 26.3 Å². The van der Waals surface area contributed by atoms with Crippen LogP contribution in [0.3, 0.4) is 0 Å². The second kappa shape index (κ2) is 7.90. The van der Waals surface area contributed by atoms with Gasteiger partial charge in [0.2, 0.25) is 11.8 Å². The lowest BCUT2D eigenvalue weighted by molar-refractivity contribution is 0.554. The fourth-order valence-electron chi connectivity index (χ4n) is 3.27. The SMILES string of the molecule is Cc1cnc(Nc2cccc(-c3nn[nH]n3)c2)nc1N(c1ccccc1)C(C)(C)C. The van der Waals surface area contributed by atoms with E-state index in [9.17, 15) is 0 Å². The van der Waals surface area contributed by atoms with Gasteiger partial charge in [0.05, 0.1) is 0 Å². The molecule has 0 spiro atoms. The van der Waals surface area contributed by atoms with Gasteiger partial charge in [0, 0.05) is 34.2 Å². The van der Waals surface area contributed by atoms with Gasteiger partial charge in [-0.05, 0) is 57.2 Å². The number of rotatable bonds is 5. The number of benzene rings is 2. The van der Waals surface area contributed by atoms with E-state index in [0.717, 1.165) is 28.3 Å². The number of H-pyrrole nitrogens is 1. The molecule has 0 fully saturated rings. The zero-order valence-electron chi connectivity index (χ0n) is 17.5. The van der Waals surface area contributed by atoms with Crippen molar-refractivity contribution < 1.29 is 0 Å². The molecule has 8 nitrogen and oxygen atoms in total. The third-order valence-electron chi connectivity index (χ3n) is 4.56. The molecule has 2 N–H and O–H groups in total. The van der Waals surface area contributed by atoms with Crippen molar-refractivity contribution in [2.45, 2.75) is 33.2 Å². The Morgan fingerprint density at radius 2 is 1.80 bits per heavy atom. The van der Waals surface area contributed by atoms with Gasteiger partial charge in [-0.2, -0.15) is 10.2 Å². The Balaban J connectivity index is 1.69. The van der Waals surface area contributed by atoms with Crippen molar-refractivity contribution in [3.63, 3.8) is 0 Å². The quantitative estimate of drug-likeness (QED) is 0.503. The van der Waals surface area contributed by atoms with Crippen LogP contribution in [-0.4, -0.2) is 36.1 Å². The number of para-hydroxylation sites is 1. The van der Waals surface area contributed by atoms with E-state index in [1.807, 2.05) is 55.6 Å². The fourth-order valence-corrected chi connectivity index (χ4v) is 3.27. The molecule has 0 aliphatic rings. The second-order valence-corrected chi connectivity index (χ2v) is 7.98. The first-order valence-electron chi connectivity index (χ1n) is 9.71. The molecule has 0 aliphatic carbocycles. The molecule has 8 heteroatoms. The highest BCUT2D eigenvalue weighted by Crippen LogP contribution is 2.34. The number of hydrogen-bond acceptors (Lipinski definition) is 7. The second-order valence-electron chi connectivity index (χ2n) is 7.98. The summed E-state index contributed by atoms with van der Waals surface area (Å²) in [4.78, 5) is 11.6. The molecular formula is C22H24N8. The smallest absolute Gasteiger partial charge is 0.229 e. The van der Waals surface area contributed by atoms with Crippen molar-refractivity contribution in [3.8, 4) is 11.4 Å². The van der Waals surface area contributed by atoms with Crippen LogP contribution >= 0.6 is 0 Å². The maximum absolute atomic E-state index is 4.86. The molecule has 0 bridgehead atoms. The summed E-state index contributed by atoms with van der Waals surface area (Å²) in [7, 11) is 0. The van der Waals surface area contributed by atoms with E-state index >= 15 is 0 Å². The van der Waals surface area contributed by atoms with Crippen LogP contribution < -0.4 is 10.2 Å². The molecule has 0 atom stereocenters. The van der Waals surface area contributed by atoms with Crippen LogP contribution in [0, 0.1) is 6.92 Å². The normalized spacial score (nSPS) is 11.3. The lowest BCUT2D eigenvalue weighted by Gasteiger charge is -2.37. The molecule has 30 heavy (non-hydrogen) atoms. The van der Waals surface area contributed by atoms with E-state index in [4.69, 9.17) is 4.98 Å². The van der Waals surface area contributed by atoms with Gasteiger partial charge in [0.25, 0.3) is 0 Å². The number of aromatic amines is 1. The summed E-state index contributed by atoms with van der Waals surface area (Å²) in [5.74, 6) is 1.92. The summed E-state index contributed by atoms with van der Waals surface area (Å²) in [5, 5.41) is 17.4. The minimum atomic E-state index is -0.170. The molecule has 4 rings (SSSR count). The largest absolute Gasteiger partial charge is 0.324 e. The highest BCUT2D eigenvalue weighted by atomic mass is 15.5. The molecule has 2 aromatic carbocycles. The first kappa shape index (κ1) is 19.5. The van der Waals surface area contributed by atoms with Gasteiger partial charge < -0.3 is 10.2 Å². The highest BCUT2D eigenvalue weighted by molar-refractivity contribution is 5.68. The average molecular weight is 400 g/mol. The third kappa shape index (κ3) is 4.12. The van der Waals surface area contributed by atoms with E-state index in [1.165, 1.54) is 0 Å². The van der Waals surface area contributed by atoms with Crippen molar-refractivity contribution in [3.05, 3.63) is 66.4 Å². The van der Waals surface area contributed by atoms with E-state index in [0.29, 0.717) is 11.8 Å². The van der Waals surface area contributed by atoms with Crippen LogP contribution in [-0.2, 0) is 0 Å². The maximum Gasteiger partial charge on any atom is 0.229 e. The minimum absolute atomic E-state index is 0.170. The van der Waals surface area contributed by atoms with Gasteiger partial charge in [0.1, 0.15) is 5.82 Å². The summed E-state index contributed by atoms with van der Waals surface area (Å²) in [6.07, 6.45) is 1.84. The first-order valence-corrected chi connectivity index (χ1v) is 9.71. The molecule has 0 radical (unpaired) electrons. The minimum Gasteiger partial charge on any atom is -0.324 e. The Morgan fingerprint density at radius 3 is 2.50 bits per heavy atom. The topological polar surface area (TPSA) is 95.5 Å². The molecule has 0 saturated carbocycles. The lowest BCUT2D eigenvalue weighted by atomic mass is 10.0. The summed E-state index contributed by atoms with van der Waals surface area (Å²) in [5.41, 5.74) is 3.60. The molecular weight excluding hydrogens is 376 g/mol. The average Bonchev–Trinajstić information content (AvgIpc) is 3.26. The summed E-state index contributed by atoms with van der Waals surface area (Å²) < 4.78 is 0. The molecule has 152 valence electrons. The van der Waals surface area contributed by atoms with Crippen LogP contribution in [0.2, 0.25) is 0 Å². The summed E-state index contributed by atoms with van der Waals surface area (Å²) in [6, 6.07) is 18.0. The standard InChI is InChI=1S/C22H24N8/c1-15-14-23-21(24-17-10-8-9-16(13-17)19-26-28-29-27-19)25-20(15)30(22(2,3)4)18-11-6-5-7-12-18/h5-14H,1-4H3,(H,23,24,25)(H,26,27,28,29). The Kier molecular flexibility index (Phi) is 5.14. The Hall–Kier alpha value is -3.81. The molecule has 2 aromatic heterocycles. The van der Waals surface area contributed by atoms with E-state index in [-0.39, 0.29) is 5.54 Å². The van der Waals surface area contributed by atoms with E-state index in [2.05, 4.69) is 68.7 Å². The van der Waals surface area contributed by atoms with Gasteiger partial charge in [-0.25, -0.2) is 4.98 Å². The predicted octanol–water partition coefficient (Wildman–Crippen LogP) is 4.65. The summed E-state index contributed by atoms with van der Waals surface area (Å²) in [6.45, 7) is 8.53. The lowest BCUT2D eigenvalue weighted by Crippen LogP contribution is -2.38. The molecule has 0 amide bonds. The van der Waals surface area contributed by atoms with Crippen molar-refractivity contribution in [1.29, 1.82) is 0 Å². The van der Waals surface area contributed by atoms with Crippen LogP contribution in [0.25, 0.3) is 11.4 Å². The number of nitrogens with one attached hydrogen (secondary N) is 2.